The van der Waals surface area contributed by atoms with Crippen LogP contribution in [-0.4, -0.2) is 108 Å². The number of para-hydroxylation sites is 1. The minimum atomic E-state index is -4.72. The van der Waals surface area contributed by atoms with Crippen LogP contribution in [0.4, 0.5) is 34.1 Å². The van der Waals surface area contributed by atoms with E-state index in [9.17, 15) is 27.6 Å². The second kappa shape index (κ2) is 13.0. The smallest absolute Gasteiger partial charge is 0.418 e. The molecule has 0 aromatic heterocycles. The number of likely N-dealkylation sites (N-methyl/N-ethyl adjacent to an activating group) is 1. The monoisotopic (exact) mass is 748 g/mol. The van der Waals surface area contributed by atoms with Gasteiger partial charge in [-0.05, 0) is 66.0 Å². The minimum Gasteiger partial charge on any atom is -0.438 e. The Balaban J connectivity index is 1.06. The van der Waals surface area contributed by atoms with E-state index in [1.54, 1.807) is 11.0 Å². The fraction of sp³-hybridized carbons (Fsp3) is 0.559. The summed E-state index contributed by atoms with van der Waals surface area (Å²) >= 11 is 3.13. The number of piperazine rings is 1. The maximum absolute atomic E-state index is 14.1. The Bertz CT molecular complexity index is 1630. The molecule has 264 valence electrons. The lowest BCUT2D eigenvalue weighted by Gasteiger charge is -2.44. The molecule has 5 aliphatic rings. The SMILES string of the molecule is CN1CC2CC1CN2C1CCN(C(=O)[C@@H](Cc2cc(Br)c(N)c(C(F)(F)F)c2)OC(=O)N2CCC3(CC2)OC(=O)Nc2ccccc23)CC1. The van der Waals surface area contributed by atoms with Crippen molar-refractivity contribution < 1.29 is 37.0 Å². The quantitative estimate of drug-likeness (QED) is 0.409. The third kappa shape index (κ3) is 6.56. The molecule has 7 rings (SSSR count). The number of nitrogens with zero attached hydrogens (tertiary/aromatic N) is 4. The molecular weight excluding hydrogens is 709 g/mol. The second-order valence-electron chi connectivity index (χ2n) is 13.9. The van der Waals surface area contributed by atoms with E-state index in [1.165, 1.54) is 11.0 Å². The number of piperidine rings is 2. The molecule has 1 spiro atoms. The number of fused-ring (bicyclic) bond motifs is 4. The first-order valence-corrected chi connectivity index (χ1v) is 17.6. The number of carbonyl (C=O) groups is 3. The van der Waals surface area contributed by atoms with E-state index in [1.807, 2.05) is 18.2 Å². The number of carbonyl (C=O) groups excluding carboxylic acids is 3. The molecule has 3 N–H and O–H groups in total. The molecule has 3 atom stereocenters. The molecule has 2 aromatic carbocycles. The highest BCUT2D eigenvalue weighted by Crippen LogP contribution is 2.44. The predicted octanol–water partition coefficient (Wildman–Crippen LogP) is 5.03. The number of nitrogens with two attached hydrogens (primary N) is 1. The molecule has 5 heterocycles. The van der Waals surface area contributed by atoms with E-state index in [4.69, 9.17) is 15.2 Å². The van der Waals surface area contributed by atoms with Crippen LogP contribution in [-0.2, 0) is 32.5 Å². The molecule has 5 aliphatic heterocycles. The number of ether oxygens (including phenoxy) is 2. The Hall–Kier alpha value is -3.56. The van der Waals surface area contributed by atoms with Gasteiger partial charge in [0.2, 0.25) is 0 Å². The van der Waals surface area contributed by atoms with Crippen molar-refractivity contribution in [3.63, 3.8) is 0 Å². The van der Waals surface area contributed by atoms with Crippen LogP contribution in [0.3, 0.4) is 0 Å². The summed E-state index contributed by atoms with van der Waals surface area (Å²) in [5, 5.41) is 2.71. The van der Waals surface area contributed by atoms with Crippen LogP contribution >= 0.6 is 15.9 Å². The van der Waals surface area contributed by atoms with Gasteiger partial charge in [-0.15, -0.1) is 0 Å². The number of amides is 3. The van der Waals surface area contributed by atoms with Gasteiger partial charge >= 0.3 is 18.4 Å². The number of rotatable bonds is 5. The molecule has 2 unspecified atom stereocenters. The van der Waals surface area contributed by atoms with Gasteiger partial charge in [0, 0.05) is 86.7 Å². The second-order valence-corrected chi connectivity index (χ2v) is 14.7. The van der Waals surface area contributed by atoms with Crippen LogP contribution < -0.4 is 11.1 Å². The summed E-state index contributed by atoms with van der Waals surface area (Å²) in [4.78, 5) is 48.1. The standard InChI is InChI=1S/C34H40BrF3N6O5/c1-41-18-23-17-22(41)19-44(23)21-6-10-42(11-7-21)30(45)28(16-20-14-25(34(36,37)38)29(39)26(35)15-20)48-32(47)43-12-8-33(9-13-43)24-4-2-3-5-27(24)40-31(46)49-33/h2-5,14-15,21-23,28H,6-13,16-19,39H2,1H3,(H,40,46)/t22?,23?,28-/m1/s1. The largest absolute Gasteiger partial charge is 0.438 e. The summed E-state index contributed by atoms with van der Waals surface area (Å²) < 4.78 is 53.2. The number of nitrogen functional groups attached to an aromatic ring is 1. The number of anilines is 2. The molecule has 0 saturated carbocycles. The van der Waals surface area contributed by atoms with E-state index in [0.29, 0.717) is 49.7 Å². The van der Waals surface area contributed by atoms with Gasteiger partial charge in [-0.3, -0.25) is 15.0 Å². The first-order chi connectivity index (χ1) is 23.3. The van der Waals surface area contributed by atoms with E-state index < -0.39 is 47.2 Å². The Morgan fingerprint density at radius 3 is 2.43 bits per heavy atom. The average molecular weight is 750 g/mol. The predicted molar refractivity (Wildman–Crippen MR) is 178 cm³/mol. The van der Waals surface area contributed by atoms with Crippen LogP contribution in [0.1, 0.15) is 48.8 Å². The highest BCUT2D eigenvalue weighted by Gasteiger charge is 2.47. The van der Waals surface area contributed by atoms with Gasteiger partial charge in [-0.25, -0.2) is 9.59 Å². The van der Waals surface area contributed by atoms with Crippen molar-refractivity contribution in [1.29, 1.82) is 0 Å². The number of hydrogen-bond acceptors (Lipinski definition) is 8. The highest BCUT2D eigenvalue weighted by atomic mass is 79.9. The fourth-order valence-corrected chi connectivity index (χ4v) is 8.87. The molecule has 2 aromatic rings. The van der Waals surface area contributed by atoms with Gasteiger partial charge in [-0.2, -0.15) is 13.2 Å². The van der Waals surface area contributed by atoms with Crippen molar-refractivity contribution >= 4 is 45.4 Å². The first kappa shape index (κ1) is 33.9. The van der Waals surface area contributed by atoms with Gasteiger partial charge < -0.3 is 29.9 Å². The fourth-order valence-electron chi connectivity index (χ4n) is 8.36. The number of hydrogen-bond donors (Lipinski definition) is 2. The lowest BCUT2D eigenvalue weighted by molar-refractivity contribution is -0.143. The van der Waals surface area contributed by atoms with Gasteiger partial charge in [-0.1, -0.05) is 18.2 Å². The molecule has 11 nitrogen and oxygen atoms in total. The van der Waals surface area contributed by atoms with Crippen LogP contribution in [0, 0.1) is 0 Å². The van der Waals surface area contributed by atoms with Crippen molar-refractivity contribution in [1.82, 2.24) is 19.6 Å². The maximum atomic E-state index is 14.1. The molecule has 0 radical (unpaired) electrons. The number of alkyl halides is 3. The lowest BCUT2D eigenvalue weighted by Crippen LogP contribution is -2.55. The zero-order valence-corrected chi connectivity index (χ0v) is 28.8. The molecule has 0 aliphatic carbocycles. The summed E-state index contributed by atoms with van der Waals surface area (Å²) in [6, 6.07) is 11.1. The van der Waals surface area contributed by atoms with Gasteiger partial charge in [0.05, 0.1) is 16.9 Å². The lowest BCUT2D eigenvalue weighted by atomic mass is 9.82. The molecular formula is C34H40BrF3N6O5. The molecule has 4 fully saturated rings. The summed E-state index contributed by atoms with van der Waals surface area (Å²) in [6.45, 7) is 3.36. The summed E-state index contributed by atoms with van der Waals surface area (Å²) in [5.41, 5.74) is 4.97. The number of halogens is 4. The zero-order valence-electron chi connectivity index (χ0n) is 27.2. The number of benzene rings is 2. The van der Waals surface area contributed by atoms with E-state index in [-0.39, 0.29) is 29.5 Å². The van der Waals surface area contributed by atoms with Crippen LogP contribution in [0.25, 0.3) is 0 Å². The van der Waals surface area contributed by atoms with Crippen molar-refractivity contribution in [3.8, 4) is 0 Å². The third-order valence-corrected chi connectivity index (χ3v) is 11.7. The molecule has 49 heavy (non-hydrogen) atoms. The summed E-state index contributed by atoms with van der Waals surface area (Å²) in [6.07, 6.45) is -4.32. The highest BCUT2D eigenvalue weighted by molar-refractivity contribution is 9.10. The Morgan fingerprint density at radius 1 is 1.06 bits per heavy atom. The van der Waals surface area contributed by atoms with E-state index >= 15 is 0 Å². The van der Waals surface area contributed by atoms with Crippen molar-refractivity contribution in [2.45, 2.75) is 74.5 Å². The minimum absolute atomic E-state index is 0.0411. The van der Waals surface area contributed by atoms with E-state index in [2.05, 4.69) is 38.1 Å². The summed E-state index contributed by atoms with van der Waals surface area (Å²) in [7, 11) is 2.16. The molecule has 4 saturated heterocycles. The zero-order chi connectivity index (χ0) is 34.7. The number of nitrogens with one attached hydrogen (secondary N) is 1. The topological polar surface area (TPSA) is 121 Å². The van der Waals surface area contributed by atoms with Crippen LogP contribution in [0.2, 0.25) is 0 Å². The van der Waals surface area contributed by atoms with Crippen LogP contribution in [0.15, 0.2) is 40.9 Å². The maximum Gasteiger partial charge on any atom is 0.418 e. The van der Waals surface area contributed by atoms with E-state index in [0.717, 1.165) is 44.0 Å². The Morgan fingerprint density at radius 2 is 1.78 bits per heavy atom. The molecule has 15 heteroatoms. The summed E-state index contributed by atoms with van der Waals surface area (Å²) in [5.74, 6) is -0.439. The van der Waals surface area contributed by atoms with Crippen molar-refractivity contribution in [3.05, 3.63) is 57.6 Å². The Kier molecular flexibility index (Phi) is 8.97. The van der Waals surface area contributed by atoms with Gasteiger partial charge in [0.1, 0.15) is 5.60 Å². The normalized spacial score (nSPS) is 24.8. The van der Waals surface area contributed by atoms with Crippen molar-refractivity contribution in [2.24, 2.45) is 0 Å². The van der Waals surface area contributed by atoms with Crippen LogP contribution in [0.5, 0.6) is 0 Å². The third-order valence-electron chi connectivity index (χ3n) is 11.0. The molecule has 3 amide bonds. The average Bonchev–Trinajstić information content (AvgIpc) is 3.65. The van der Waals surface area contributed by atoms with Gasteiger partial charge in [0.25, 0.3) is 5.91 Å². The Labute approximate surface area is 290 Å². The number of likely N-dealkylation sites (tertiary alicyclic amines) is 4. The van der Waals surface area contributed by atoms with Gasteiger partial charge in [0.15, 0.2) is 6.10 Å². The first-order valence-electron chi connectivity index (χ1n) is 16.8. The molecule has 2 bridgehead atoms. The van der Waals surface area contributed by atoms with Crippen molar-refractivity contribution in [2.75, 3.05) is 57.4 Å².